The van der Waals surface area contributed by atoms with Crippen LogP contribution in [0.3, 0.4) is 0 Å². The average Bonchev–Trinajstić information content (AvgIpc) is 2.91. The van der Waals surface area contributed by atoms with Crippen molar-refractivity contribution in [1.82, 2.24) is 19.8 Å². The number of aromatic nitrogens is 2. The third kappa shape index (κ3) is 6.29. The van der Waals surface area contributed by atoms with Gasteiger partial charge in [0.25, 0.3) is 5.56 Å². The molecule has 5 rings (SSSR count). The Balaban J connectivity index is 1.31. The first-order valence-corrected chi connectivity index (χ1v) is 12.8. The van der Waals surface area contributed by atoms with Crippen molar-refractivity contribution in [2.24, 2.45) is 0 Å². The Hall–Kier alpha value is -3.55. The van der Waals surface area contributed by atoms with Gasteiger partial charge in [-0.15, -0.1) is 0 Å². The maximum atomic E-state index is 15.1. The molecule has 9 heteroatoms. The second-order valence-corrected chi connectivity index (χ2v) is 9.84. The van der Waals surface area contributed by atoms with Gasteiger partial charge in [-0.25, -0.2) is 9.37 Å². The summed E-state index contributed by atoms with van der Waals surface area (Å²) in [5, 5.41) is 19.9. The van der Waals surface area contributed by atoms with E-state index in [9.17, 15) is 15.0 Å². The van der Waals surface area contributed by atoms with Gasteiger partial charge in [0.1, 0.15) is 5.82 Å². The number of β-amino-alcohol motifs (C(OH)–C–C–N with tert-alkyl or cyclic N) is 1. The van der Waals surface area contributed by atoms with Gasteiger partial charge in [-0.05, 0) is 23.8 Å². The molecule has 0 unspecified atom stereocenters. The highest BCUT2D eigenvalue weighted by atomic mass is 19.1. The first-order valence-electron chi connectivity index (χ1n) is 12.8. The van der Waals surface area contributed by atoms with Gasteiger partial charge < -0.3 is 19.9 Å². The van der Waals surface area contributed by atoms with E-state index >= 15 is 4.39 Å². The number of halogens is 1. The van der Waals surface area contributed by atoms with Gasteiger partial charge in [-0.3, -0.25) is 14.6 Å². The Morgan fingerprint density at radius 3 is 2.61 bits per heavy atom. The first kappa shape index (κ1) is 26.1. The Morgan fingerprint density at radius 2 is 1.87 bits per heavy atom. The topological polar surface area (TPSA) is 102 Å². The average molecular weight is 519 g/mol. The number of aliphatic hydroxyl groups is 1. The van der Waals surface area contributed by atoms with E-state index in [1.807, 2.05) is 30.3 Å². The minimum Gasteiger partial charge on any atom is -0.502 e. The number of nitrogens with one attached hydrogen (secondary N) is 1. The van der Waals surface area contributed by atoms with Crippen LogP contribution in [-0.4, -0.2) is 82.0 Å². The standard InChI is InChI=1S/C29H31FN4O4/c30-27-22(2-1-3-23(27)15-33-10-12-38-13-11-33)9-6-20-4-7-21(8-5-20)24(16-34-17-25(35)18-34)14-26-28(36)29(37)32-19-31-26/h1-5,7-8,19,24-25,35-36H,10-18H2,(H,31,32,37)/t24-/m0/s1. The molecule has 0 bridgehead atoms. The lowest BCUT2D eigenvalue weighted by molar-refractivity contribution is -0.00129. The molecule has 0 amide bonds. The zero-order valence-electron chi connectivity index (χ0n) is 21.1. The van der Waals surface area contributed by atoms with Gasteiger partial charge in [0.2, 0.25) is 5.75 Å². The van der Waals surface area contributed by atoms with Crippen molar-refractivity contribution in [3.8, 4) is 17.6 Å². The van der Waals surface area contributed by atoms with Crippen LogP contribution in [0.1, 0.15) is 33.9 Å². The Bertz CT molecular complexity index is 1370. The number of H-pyrrole nitrogens is 1. The number of morpholine rings is 1. The molecule has 2 aliphatic rings. The highest BCUT2D eigenvalue weighted by Crippen LogP contribution is 2.26. The van der Waals surface area contributed by atoms with Crippen molar-refractivity contribution in [2.75, 3.05) is 45.9 Å². The van der Waals surface area contributed by atoms with Crippen LogP contribution in [0.15, 0.2) is 53.6 Å². The number of aliphatic hydroxyl groups excluding tert-OH is 1. The van der Waals surface area contributed by atoms with Crippen molar-refractivity contribution in [2.45, 2.75) is 25.0 Å². The largest absolute Gasteiger partial charge is 0.502 e. The highest BCUT2D eigenvalue weighted by Gasteiger charge is 2.28. The van der Waals surface area contributed by atoms with E-state index < -0.39 is 5.56 Å². The number of aromatic hydroxyl groups is 1. The molecule has 3 N–H and O–H groups in total. The second kappa shape index (κ2) is 11.9. The molecule has 198 valence electrons. The first-order chi connectivity index (χ1) is 18.5. The van der Waals surface area contributed by atoms with Crippen LogP contribution in [0.5, 0.6) is 5.75 Å². The lowest BCUT2D eigenvalue weighted by Crippen LogP contribution is -2.52. The molecule has 8 nitrogen and oxygen atoms in total. The number of hydrogen-bond donors (Lipinski definition) is 3. The summed E-state index contributed by atoms with van der Waals surface area (Å²) in [6.07, 6.45) is 1.33. The maximum absolute atomic E-state index is 15.1. The molecule has 2 aromatic carbocycles. The Labute approximate surface area is 220 Å². The molecule has 1 aromatic heterocycles. The second-order valence-electron chi connectivity index (χ2n) is 9.84. The van der Waals surface area contributed by atoms with Gasteiger partial charge in [0, 0.05) is 62.7 Å². The van der Waals surface area contributed by atoms with Gasteiger partial charge >= 0.3 is 0 Å². The van der Waals surface area contributed by atoms with Crippen LogP contribution in [0.25, 0.3) is 0 Å². The third-order valence-electron chi connectivity index (χ3n) is 7.06. The molecule has 0 aliphatic carbocycles. The summed E-state index contributed by atoms with van der Waals surface area (Å²) in [4.78, 5) is 22.7. The fraction of sp³-hybridized carbons (Fsp3) is 0.379. The van der Waals surface area contributed by atoms with E-state index in [-0.39, 0.29) is 23.6 Å². The fourth-order valence-electron chi connectivity index (χ4n) is 4.88. The van der Waals surface area contributed by atoms with Gasteiger partial charge in [0.05, 0.1) is 36.9 Å². The van der Waals surface area contributed by atoms with Crippen LogP contribution in [0.4, 0.5) is 4.39 Å². The van der Waals surface area contributed by atoms with Crippen LogP contribution < -0.4 is 5.56 Å². The maximum Gasteiger partial charge on any atom is 0.293 e. The van der Waals surface area contributed by atoms with E-state index in [2.05, 4.69) is 31.6 Å². The third-order valence-corrected chi connectivity index (χ3v) is 7.06. The van der Waals surface area contributed by atoms with Crippen molar-refractivity contribution in [1.29, 1.82) is 0 Å². The zero-order chi connectivity index (χ0) is 26.5. The number of benzene rings is 2. The summed E-state index contributed by atoms with van der Waals surface area (Å²) < 4.78 is 20.5. The van der Waals surface area contributed by atoms with Gasteiger partial charge in [0.15, 0.2) is 0 Å². The predicted octanol–water partition coefficient (Wildman–Crippen LogP) is 1.85. The summed E-state index contributed by atoms with van der Waals surface area (Å²) in [7, 11) is 0. The number of ether oxygens (including phenoxy) is 1. The molecule has 2 fully saturated rings. The van der Waals surface area contributed by atoms with E-state index in [0.717, 1.165) is 24.2 Å². The summed E-state index contributed by atoms with van der Waals surface area (Å²) in [6.45, 7) is 5.27. The normalized spacial score (nSPS) is 17.4. The smallest absolute Gasteiger partial charge is 0.293 e. The van der Waals surface area contributed by atoms with Crippen LogP contribution >= 0.6 is 0 Å². The quantitative estimate of drug-likeness (QED) is 0.411. The summed E-state index contributed by atoms with van der Waals surface area (Å²) in [5.41, 5.74) is 2.50. The van der Waals surface area contributed by atoms with Crippen molar-refractivity contribution in [3.63, 3.8) is 0 Å². The molecule has 0 saturated carbocycles. The van der Waals surface area contributed by atoms with Crippen molar-refractivity contribution in [3.05, 3.63) is 92.9 Å². The summed E-state index contributed by atoms with van der Waals surface area (Å²) in [5.74, 6) is 5.33. The molecule has 2 aliphatic heterocycles. The van der Waals surface area contributed by atoms with Crippen molar-refractivity contribution < 1.29 is 19.3 Å². The number of aromatic amines is 1. The molecule has 3 aromatic rings. The molecule has 2 saturated heterocycles. The molecule has 0 spiro atoms. The monoisotopic (exact) mass is 518 g/mol. The molecular formula is C29H31FN4O4. The van der Waals surface area contributed by atoms with Gasteiger partial charge in [-0.1, -0.05) is 36.1 Å². The molecule has 1 atom stereocenters. The minimum atomic E-state index is -0.569. The number of hydrogen-bond acceptors (Lipinski definition) is 7. The van der Waals surface area contributed by atoms with E-state index in [1.165, 1.54) is 6.33 Å². The zero-order valence-corrected chi connectivity index (χ0v) is 21.1. The van der Waals surface area contributed by atoms with Crippen molar-refractivity contribution >= 4 is 0 Å². The Kier molecular flexibility index (Phi) is 8.15. The SMILES string of the molecule is O=c1[nH]cnc(C[C@@H](CN2CC(O)C2)c2ccc(C#Cc3cccc(CN4CCOCC4)c3F)cc2)c1O. The van der Waals surface area contributed by atoms with E-state index in [0.29, 0.717) is 62.6 Å². The lowest BCUT2D eigenvalue weighted by atomic mass is 9.91. The number of likely N-dealkylation sites (tertiary alicyclic amines) is 1. The predicted molar refractivity (Wildman–Crippen MR) is 140 cm³/mol. The minimum absolute atomic E-state index is 0.0565. The van der Waals surface area contributed by atoms with Gasteiger partial charge in [-0.2, -0.15) is 0 Å². The lowest BCUT2D eigenvalue weighted by Gasteiger charge is -2.38. The highest BCUT2D eigenvalue weighted by molar-refractivity contribution is 5.46. The molecule has 0 radical (unpaired) electrons. The number of nitrogens with zero attached hydrogens (tertiary/aromatic N) is 3. The van der Waals surface area contributed by atoms with Crippen LogP contribution in [-0.2, 0) is 17.7 Å². The molecule has 3 heterocycles. The van der Waals surface area contributed by atoms with Crippen LogP contribution in [0, 0.1) is 17.7 Å². The van der Waals surface area contributed by atoms with E-state index in [1.54, 1.807) is 12.1 Å². The Morgan fingerprint density at radius 1 is 1.11 bits per heavy atom. The fourth-order valence-corrected chi connectivity index (χ4v) is 4.88. The summed E-state index contributed by atoms with van der Waals surface area (Å²) in [6, 6.07) is 13.0. The van der Waals surface area contributed by atoms with E-state index in [4.69, 9.17) is 4.74 Å². The van der Waals surface area contributed by atoms with Crippen LogP contribution in [0.2, 0.25) is 0 Å². The molecular weight excluding hydrogens is 487 g/mol. The summed E-state index contributed by atoms with van der Waals surface area (Å²) >= 11 is 0. The number of rotatable bonds is 7. The molecule has 38 heavy (non-hydrogen) atoms.